The number of ether oxygens (including phenoxy) is 1. The summed E-state index contributed by atoms with van der Waals surface area (Å²) in [7, 11) is 0. The molecule has 0 heterocycles. The molecule has 0 aromatic rings. The molecule has 7 saturated carbocycles. The van der Waals surface area contributed by atoms with Crippen molar-refractivity contribution in [2.45, 2.75) is 240 Å². The molecule has 7 fully saturated rings. The van der Waals surface area contributed by atoms with Crippen LogP contribution in [0.15, 0.2) is 12.2 Å². The lowest BCUT2D eigenvalue weighted by Crippen LogP contribution is -2.53. The second-order valence-electron chi connectivity index (χ2n) is 26.0. The van der Waals surface area contributed by atoms with Gasteiger partial charge in [-0.05, 0) is 198 Å². The predicted molar refractivity (Wildman–Crippen MR) is 269 cm³/mol. The van der Waals surface area contributed by atoms with Crippen LogP contribution >= 0.6 is 0 Å². The summed E-state index contributed by atoms with van der Waals surface area (Å²) < 4.78 is 7.04. The Balaban J connectivity index is 0.854. The number of carbonyl (C=O) groups is 4. The molecule has 0 bridgehead atoms. The number of aliphatic hydroxyl groups is 1. The average molecular weight is 928 g/mol. The highest BCUT2D eigenvalue weighted by Gasteiger charge is 2.57. The summed E-state index contributed by atoms with van der Waals surface area (Å²) in [5.74, 6) is 5.07. The molecule has 7 nitrogen and oxygen atoms in total. The van der Waals surface area contributed by atoms with Gasteiger partial charge in [-0.2, -0.15) is 0 Å². The Morgan fingerprint density at radius 2 is 1.60 bits per heavy atom. The largest absolute Gasteiger partial charge is 0.385 e. The zero-order valence-corrected chi connectivity index (χ0v) is 43.6. The van der Waals surface area contributed by atoms with E-state index in [1.807, 2.05) is 6.92 Å². The average Bonchev–Trinajstić information content (AvgIpc) is 4.22. The van der Waals surface area contributed by atoms with Gasteiger partial charge in [0.25, 0.3) is 0 Å². The molecule has 0 aliphatic heterocycles. The fourth-order valence-electron chi connectivity index (χ4n) is 15.9. The number of hydrogen-bond donors (Lipinski definition) is 2. The van der Waals surface area contributed by atoms with Crippen molar-refractivity contribution in [1.82, 2.24) is 5.32 Å². The Kier molecular flexibility index (Phi) is 17.3. The van der Waals surface area contributed by atoms with Crippen molar-refractivity contribution in [3.8, 4) is 0 Å². The molecule has 7 heteroatoms. The van der Waals surface area contributed by atoms with E-state index in [2.05, 4.69) is 59.0 Å². The molecule has 378 valence electrons. The minimum atomic E-state index is -1.02. The van der Waals surface area contributed by atoms with E-state index in [4.69, 9.17) is 4.74 Å². The van der Waals surface area contributed by atoms with Crippen molar-refractivity contribution in [3.05, 3.63) is 12.2 Å². The van der Waals surface area contributed by atoms with Crippen LogP contribution in [0.25, 0.3) is 0 Å². The molecule has 0 spiro atoms. The minimum Gasteiger partial charge on any atom is -0.385 e. The second-order valence-corrected chi connectivity index (χ2v) is 26.0. The summed E-state index contributed by atoms with van der Waals surface area (Å²) in [6, 6.07) is 0.743. The van der Waals surface area contributed by atoms with Crippen LogP contribution in [0.1, 0.15) is 215 Å². The molecule has 8 aliphatic carbocycles. The van der Waals surface area contributed by atoms with Gasteiger partial charge in [-0.25, -0.2) is 0 Å². The molecule has 15 unspecified atom stereocenters. The van der Waals surface area contributed by atoms with Crippen LogP contribution < -0.4 is 5.32 Å². The molecule has 67 heavy (non-hydrogen) atoms. The van der Waals surface area contributed by atoms with Gasteiger partial charge in [0.15, 0.2) is 5.78 Å². The van der Waals surface area contributed by atoms with Gasteiger partial charge in [0.2, 0.25) is 0 Å². The molecule has 0 saturated heterocycles. The fourth-order valence-corrected chi connectivity index (χ4v) is 15.9. The number of ketones is 4. The van der Waals surface area contributed by atoms with E-state index < -0.39 is 17.9 Å². The number of rotatable bonds is 23. The molecular weight excluding hydrogens is 831 g/mol. The van der Waals surface area contributed by atoms with E-state index in [1.165, 1.54) is 70.6 Å². The van der Waals surface area contributed by atoms with E-state index in [0.29, 0.717) is 71.1 Å². The normalized spacial score (nSPS) is 37.7. The third-order valence-corrected chi connectivity index (χ3v) is 21.6. The molecule has 2 N–H and O–H groups in total. The number of aliphatic hydroxyl groups excluding tert-OH is 1. The van der Waals surface area contributed by atoms with Gasteiger partial charge < -0.3 is 15.2 Å². The molecule has 0 aromatic carbocycles. The predicted octanol–water partition coefficient (Wildman–Crippen LogP) is 12.9. The van der Waals surface area contributed by atoms with E-state index in [0.717, 1.165) is 102 Å². The van der Waals surface area contributed by atoms with Crippen LogP contribution in [0.3, 0.4) is 0 Å². The fraction of sp³-hybridized carbons (Fsp3) is 0.900. The maximum Gasteiger partial charge on any atom is 0.164 e. The highest BCUT2D eigenvalue weighted by molar-refractivity contribution is 5.92. The van der Waals surface area contributed by atoms with Crippen molar-refractivity contribution >= 4 is 23.1 Å². The van der Waals surface area contributed by atoms with E-state index in [-0.39, 0.29) is 53.0 Å². The summed E-state index contributed by atoms with van der Waals surface area (Å²) in [5.41, 5.74) is 0.658. The highest BCUT2D eigenvalue weighted by Crippen LogP contribution is 2.64. The maximum absolute atomic E-state index is 14.3. The molecule has 0 aromatic heterocycles. The maximum atomic E-state index is 14.3. The van der Waals surface area contributed by atoms with Crippen molar-refractivity contribution in [2.75, 3.05) is 6.61 Å². The highest BCUT2D eigenvalue weighted by atomic mass is 16.5. The first-order valence-corrected chi connectivity index (χ1v) is 28.9. The standard InChI is InChI=1S/C60H97NO6/c1-8-59(7,47-19-20-47)36-67-51-34-53(41(6)60(27-28-60)48-21-25-50(62)26-22-48)40(5)54(35-51)61-49-23-17-44(18-24-49)55(63)33-46(58(66)52-30-37(52)2)29-38(3)56(64)57(65)39(4)45-16-12-15-43(32-45)31-42-13-10-9-11-14-42/h9-10,37-49,51-54,57,61,65H,8,11-36H2,1-7H3. The van der Waals surface area contributed by atoms with E-state index in [1.54, 1.807) is 0 Å². The summed E-state index contributed by atoms with van der Waals surface area (Å²) in [6.07, 6.45) is 31.0. The van der Waals surface area contributed by atoms with Gasteiger partial charge in [0.05, 0.1) is 12.7 Å². The molecule has 0 amide bonds. The SMILES string of the molecule is CCC(C)(COC1CC(NC2CCC(C(=O)CC(CC(C)C(=O)C(O)C(C)C3CCCC(CC4CC=CCC4)C3)C(=O)C3CC3C)CC2)C(C)C(C(C)C2(C3CCC(=O)CC3)CC2)C1)C1CC1. The molecule has 15 atom stereocenters. The van der Waals surface area contributed by atoms with Crippen LogP contribution in [0.5, 0.6) is 0 Å². The molecule has 0 radical (unpaired) electrons. The lowest BCUT2D eigenvalue weighted by atomic mass is 9.61. The zero-order chi connectivity index (χ0) is 47.6. The van der Waals surface area contributed by atoms with E-state index in [9.17, 15) is 24.3 Å². The first-order chi connectivity index (χ1) is 32.1. The quantitative estimate of drug-likeness (QED) is 0.0982. The van der Waals surface area contributed by atoms with Crippen LogP contribution in [0.2, 0.25) is 0 Å². The first-order valence-electron chi connectivity index (χ1n) is 28.9. The Hall–Kier alpha value is -1.70. The van der Waals surface area contributed by atoms with Crippen molar-refractivity contribution in [1.29, 1.82) is 0 Å². The zero-order valence-electron chi connectivity index (χ0n) is 43.6. The Labute approximate surface area is 408 Å². The van der Waals surface area contributed by atoms with Crippen LogP contribution in [0, 0.1) is 93.7 Å². The third-order valence-electron chi connectivity index (χ3n) is 21.6. The van der Waals surface area contributed by atoms with E-state index >= 15 is 0 Å². The van der Waals surface area contributed by atoms with Crippen LogP contribution in [-0.2, 0) is 23.9 Å². The van der Waals surface area contributed by atoms with Gasteiger partial charge in [0, 0.05) is 55.0 Å². The molecule has 8 aliphatic rings. The van der Waals surface area contributed by atoms with Crippen molar-refractivity contribution in [3.63, 3.8) is 0 Å². The molecule has 8 rings (SSSR count). The lowest BCUT2D eigenvalue weighted by molar-refractivity contribution is -0.137. The van der Waals surface area contributed by atoms with Gasteiger partial charge in [0.1, 0.15) is 23.5 Å². The topological polar surface area (TPSA) is 110 Å². The number of hydrogen-bond acceptors (Lipinski definition) is 7. The minimum absolute atomic E-state index is 0.00521. The van der Waals surface area contributed by atoms with Gasteiger partial charge in [-0.3, -0.25) is 19.2 Å². The Bertz CT molecular complexity index is 1710. The number of Topliss-reactive ketones (excluding diaryl/α,β-unsaturated/α-hetero) is 4. The summed E-state index contributed by atoms with van der Waals surface area (Å²) >= 11 is 0. The molecular formula is C60H97NO6. The van der Waals surface area contributed by atoms with Crippen molar-refractivity contribution < 1.29 is 29.0 Å². The number of carbonyl (C=O) groups excluding carboxylic acids is 4. The van der Waals surface area contributed by atoms with Crippen molar-refractivity contribution in [2.24, 2.45) is 93.7 Å². The van der Waals surface area contributed by atoms with Crippen LogP contribution in [0.4, 0.5) is 0 Å². The first kappa shape index (κ1) is 51.6. The number of allylic oxidation sites excluding steroid dienone is 2. The van der Waals surface area contributed by atoms with Gasteiger partial charge in [-0.15, -0.1) is 0 Å². The number of nitrogens with one attached hydrogen (secondary N) is 1. The van der Waals surface area contributed by atoms with Gasteiger partial charge in [-0.1, -0.05) is 79.9 Å². The van der Waals surface area contributed by atoms with Crippen LogP contribution in [-0.4, -0.2) is 59.1 Å². The third kappa shape index (κ3) is 12.5. The summed E-state index contributed by atoms with van der Waals surface area (Å²) in [5, 5.41) is 15.8. The lowest BCUT2D eigenvalue weighted by Gasteiger charge is -2.48. The Morgan fingerprint density at radius 1 is 0.881 bits per heavy atom. The monoisotopic (exact) mass is 928 g/mol. The Morgan fingerprint density at radius 3 is 2.22 bits per heavy atom. The van der Waals surface area contributed by atoms with Gasteiger partial charge >= 0.3 is 0 Å². The smallest absolute Gasteiger partial charge is 0.164 e. The summed E-state index contributed by atoms with van der Waals surface area (Å²) in [4.78, 5) is 54.5. The second kappa shape index (κ2) is 22.4. The summed E-state index contributed by atoms with van der Waals surface area (Å²) in [6.45, 7) is 16.8.